The predicted molar refractivity (Wildman–Crippen MR) is 92.3 cm³/mol. The molecule has 0 aromatic carbocycles. The van der Waals surface area contributed by atoms with Gasteiger partial charge in [0.05, 0.1) is 31.0 Å². The van der Waals surface area contributed by atoms with Gasteiger partial charge in [-0.3, -0.25) is 9.69 Å². The van der Waals surface area contributed by atoms with Crippen molar-refractivity contribution in [3.63, 3.8) is 0 Å². The van der Waals surface area contributed by atoms with Gasteiger partial charge in [0.25, 0.3) is 0 Å². The molecule has 0 atom stereocenters. The molecule has 0 saturated heterocycles. The second-order valence-electron chi connectivity index (χ2n) is 8.87. The number of carbonyl (C=O) groups is 1. The van der Waals surface area contributed by atoms with E-state index in [1.807, 2.05) is 62.3 Å². The largest absolute Gasteiger partial charge is 0.375 e. The van der Waals surface area contributed by atoms with E-state index in [0.29, 0.717) is 19.8 Å². The highest BCUT2D eigenvalue weighted by atomic mass is 16.5. The summed E-state index contributed by atoms with van der Waals surface area (Å²) in [6, 6.07) is 0. The Morgan fingerprint density at radius 3 is 1.41 bits per heavy atom. The molecule has 4 nitrogen and oxygen atoms in total. The topological polar surface area (TPSA) is 38.8 Å². The maximum atomic E-state index is 12.3. The number of ether oxygens (including phenoxy) is 2. The van der Waals surface area contributed by atoms with Crippen LogP contribution < -0.4 is 0 Å². The van der Waals surface area contributed by atoms with Crippen LogP contribution in [0.25, 0.3) is 0 Å². The Kier molecular flexibility index (Phi) is 8.24. The molecule has 0 fully saturated rings. The first-order valence-corrected chi connectivity index (χ1v) is 8.24. The van der Waals surface area contributed by atoms with Gasteiger partial charge in [-0.1, -0.05) is 20.8 Å². The number of hydrogen-bond donors (Lipinski definition) is 0. The van der Waals surface area contributed by atoms with Crippen molar-refractivity contribution in [2.75, 3.05) is 32.8 Å². The van der Waals surface area contributed by atoms with Crippen molar-refractivity contribution in [2.24, 2.45) is 5.41 Å². The lowest BCUT2D eigenvalue weighted by atomic mass is 9.90. The number of nitrogens with zero attached hydrogens (tertiary/aromatic N) is 1. The molecular weight excluding hydrogens is 278 g/mol. The lowest BCUT2D eigenvalue weighted by molar-refractivity contribution is -0.128. The smallest absolute Gasteiger partial charge is 0.152 e. The van der Waals surface area contributed by atoms with Gasteiger partial charge >= 0.3 is 0 Å². The Morgan fingerprint density at radius 1 is 0.773 bits per heavy atom. The number of Topliss-reactive ketones (excluding diaryl/α,β-unsaturated/α-hetero) is 1. The maximum Gasteiger partial charge on any atom is 0.152 e. The zero-order valence-corrected chi connectivity index (χ0v) is 16.2. The molecule has 22 heavy (non-hydrogen) atoms. The molecule has 0 saturated carbocycles. The van der Waals surface area contributed by atoms with E-state index in [4.69, 9.17) is 9.47 Å². The molecule has 0 aliphatic rings. The van der Waals surface area contributed by atoms with Crippen LogP contribution in [0.4, 0.5) is 0 Å². The molecule has 0 heterocycles. The highest BCUT2D eigenvalue weighted by Gasteiger charge is 2.24. The molecule has 132 valence electrons. The molecule has 0 aliphatic heterocycles. The summed E-state index contributed by atoms with van der Waals surface area (Å²) < 4.78 is 11.6. The number of hydrogen-bond acceptors (Lipinski definition) is 4. The first-order valence-electron chi connectivity index (χ1n) is 8.24. The fourth-order valence-corrected chi connectivity index (χ4v) is 1.67. The van der Waals surface area contributed by atoms with E-state index in [9.17, 15) is 4.79 Å². The van der Waals surface area contributed by atoms with Crippen LogP contribution in [0.1, 0.15) is 62.3 Å². The Hall–Kier alpha value is -0.450. The number of rotatable bonds is 8. The maximum absolute atomic E-state index is 12.3. The SMILES string of the molecule is CC(C)(C)OCCN(CCOC(C)(C)C)CC(=O)C(C)(C)C. The summed E-state index contributed by atoms with van der Waals surface area (Å²) in [5, 5.41) is 0. The molecule has 4 heteroatoms. The quantitative estimate of drug-likeness (QED) is 0.687. The van der Waals surface area contributed by atoms with Gasteiger partial charge in [0.2, 0.25) is 0 Å². The first-order chi connectivity index (χ1) is 9.71. The molecular formula is C18H37NO3. The van der Waals surface area contributed by atoms with Crippen LogP contribution in [0.15, 0.2) is 0 Å². The van der Waals surface area contributed by atoms with Gasteiger partial charge in [0.15, 0.2) is 5.78 Å². The van der Waals surface area contributed by atoms with Crippen molar-refractivity contribution in [3.05, 3.63) is 0 Å². The normalized spacial score (nSPS) is 13.7. The van der Waals surface area contributed by atoms with Crippen LogP contribution in [0.3, 0.4) is 0 Å². The van der Waals surface area contributed by atoms with Crippen molar-refractivity contribution in [1.82, 2.24) is 4.90 Å². The standard InChI is InChI=1S/C18H37NO3/c1-16(2,3)15(20)14-19(10-12-21-17(4,5)6)11-13-22-18(7,8)9/h10-14H2,1-9H3. The summed E-state index contributed by atoms with van der Waals surface area (Å²) in [5.74, 6) is 0.249. The van der Waals surface area contributed by atoms with E-state index in [0.717, 1.165) is 13.1 Å². The Balaban J connectivity index is 4.46. The van der Waals surface area contributed by atoms with E-state index in [1.54, 1.807) is 0 Å². The van der Waals surface area contributed by atoms with Gasteiger partial charge in [-0.25, -0.2) is 0 Å². The summed E-state index contributed by atoms with van der Waals surface area (Å²) in [6.45, 7) is 21.3. The molecule has 0 spiro atoms. The zero-order chi connectivity index (χ0) is 17.6. The van der Waals surface area contributed by atoms with Crippen LogP contribution in [0, 0.1) is 5.41 Å². The Morgan fingerprint density at radius 2 is 1.14 bits per heavy atom. The molecule has 0 amide bonds. The van der Waals surface area contributed by atoms with Crippen molar-refractivity contribution in [1.29, 1.82) is 0 Å². The van der Waals surface area contributed by atoms with Crippen molar-refractivity contribution in [3.8, 4) is 0 Å². The van der Waals surface area contributed by atoms with Gasteiger partial charge in [-0.05, 0) is 41.5 Å². The van der Waals surface area contributed by atoms with Crippen molar-refractivity contribution < 1.29 is 14.3 Å². The summed E-state index contributed by atoms with van der Waals surface area (Å²) in [7, 11) is 0. The summed E-state index contributed by atoms with van der Waals surface area (Å²) in [6.07, 6.45) is 0. The number of carbonyl (C=O) groups excluding carboxylic acids is 1. The summed E-state index contributed by atoms with van der Waals surface area (Å²) in [4.78, 5) is 14.4. The van der Waals surface area contributed by atoms with E-state index in [2.05, 4.69) is 4.90 Å². The minimum Gasteiger partial charge on any atom is -0.375 e. The first kappa shape index (κ1) is 21.6. The lowest BCUT2D eigenvalue weighted by Gasteiger charge is -2.29. The Labute approximate surface area is 137 Å². The highest BCUT2D eigenvalue weighted by molar-refractivity contribution is 5.85. The van der Waals surface area contributed by atoms with Crippen LogP contribution in [-0.4, -0.2) is 54.7 Å². The van der Waals surface area contributed by atoms with E-state index < -0.39 is 0 Å². The third-order valence-corrected chi connectivity index (χ3v) is 3.09. The fourth-order valence-electron chi connectivity index (χ4n) is 1.67. The number of ketones is 1. The van der Waals surface area contributed by atoms with Crippen LogP contribution >= 0.6 is 0 Å². The second-order valence-corrected chi connectivity index (χ2v) is 8.87. The van der Waals surface area contributed by atoms with Crippen LogP contribution in [0.2, 0.25) is 0 Å². The minimum atomic E-state index is -0.311. The van der Waals surface area contributed by atoms with E-state index in [1.165, 1.54) is 0 Å². The molecule has 0 N–H and O–H groups in total. The third kappa shape index (κ3) is 12.1. The van der Waals surface area contributed by atoms with Crippen molar-refractivity contribution in [2.45, 2.75) is 73.5 Å². The van der Waals surface area contributed by atoms with Gasteiger partial charge in [0.1, 0.15) is 0 Å². The minimum absolute atomic E-state index is 0.151. The molecule has 0 unspecified atom stereocenters. The monoisotopic (exact) mass is 315 g/mol. The molecule has 0 bridgehead atoms. The molecule has 0 aromatic heterocycles. The van der Waals surface area contributed by atoms with Gasteiger partial charge < -0.3 is 9.47 Å². The van der Waals surface area contributed by atoms with Gasteiger partial charge in [0, 0.05) is 18.5 Å². The predicted octanol–water partition coefficient (Wildman–Crippen LogP) is 3.53. The zero-order valence-electron chi connectivity index (χ0n) is 16.2. The van der Waals surface area contributed by atoms with Gasteiger partial charge in [-0.15, -0.1) is 0 Å². The summed E-state index contributed by atoms with van der Waals surface area (Å²) in [5.41, 5.74) is -0.614. The van der Waals surface area contributed by atoms with Crippen LogP contribution in [-0.2, 0) is 14.3 Å². The fraction of sp³-hybridized carbons (Fsp3) is 0.944. The van der Waals surface area contributed by atoms with Crippen molar-refractivity contribution >= 4 is 5.78 Å². The average molecular weight is 315 g/mol. The Bertz CT molecular complexity index is 312. The average Bonchev–Trinajstić information content (AvgIpc) is 2.23. The molecule has 0 rings (SSSR count). The molecule has 0 aliphatic carbocycles. The summed E-state index contributed by atoms with van der Waals surface area (Å²) >= 11 is 0. The second kappa shape index (κ2) is 8.42. The third-order valence-electron chi connectivity index (χ3n) is 3.09. The van der Waals surface area contributed by atoms with Gasteiger partial charge in [-0.2, -0.15) is 0 Å². The van der Waals surface area contributed by atoms with E-state index >= 15 is 0 Å². The van der Waals surface area contributed by atoms with E-state index in [-0.39, 0.29) is 22.4 Å². The molecule has 0 aromatic rings. The van der Waals surface area contributed by atoms with Crippen LogP contribution in [0.5, 0.6) is 0 Å². The lowest BCUT2D eigenvalue weighted by Crippen LogP contribution is -2.41. The molecule has 0 radical (unpaired) electrons. The highest BCUT2D eigenvalue weighted by Crippen LogP contribution is 2.15.